The van der Waals surface area contributed by atoms with Crippen molar-refractivity contribution in [1.82, 2.24) is 25.5 Å². The van der Waals surface area contributed by atoms with Crippen LogP contribution in [0.4, 0.5) is 0 Å². The Morgan fingerprint density at radius 1 is 0.951 bits per heavy atom. The number of aliphatic hydroxyl groups excluding tert-OH is 3. The normalized spacial score (nSPS) is 10.9. The summed E-state index contributed by atoms with van der Waals surface area (Å²) in [6, 6.07) is 17.5. The molecule has 0 aliphatic carbocycles. The largest absolute Gasteiger partial charge is 0.497 e. The first-order valence-corrected chi connectivity index (χ1v) is 12.3. The highest BCUT2D eigenvalue weighted by molar-refractivity contribution is 5.94. The minimum atomic E-state index is -1.21. The number of carbonyl (C=O) groups is 1. The zero-order valence-electron chi connectivity index (χ0n) is 22.5. The highest BCUT2D eigenvalue weighted by Gasteiger charge is 2.22. The monoisotopic (exact) mass is 564 g/mol. The van der Waals surface area contributed by atoms with Gasteiger partial charge in [0, 0.05) is 12.4 Å². The highest BCUT2D eigenvalue weighted by Crippen LogP contribution is 2.26. The van der Waals surface area contributed by atoms with E-state index in [4.69, 9.17) is 30.5 Å². The zero-order valence-corrected chi connectivity index (χ0v) is 22.5. The van der Waals surface area contributed by atoms with Gasteiger partial charge in [-0.05, 0) is 47.5 Å². The Bertz CT molecular complexity index is 1390. The lowest BCUT2D eigenvalue weighted by Gasteiger charge is -2.20. The summed E-state index contributed by atoms with van der Waals surface area (Å²) in [5, 5.41) is 35.6. The molecule has 1 amide bonds. The van der Waals surface area contributed by atoms with Crippen molar-refractivity contribution in [2.24, 2.45) is 5.73 Å². The van der Waals surface area contributed by atoms with Crippen molar-refractivity contribution in [2.45, 2.75) is 11.6 Å². The number of aromatic nitrogens is 4. The standard InChI is InChI=1S/C24H21N5O4.C4H11NO3/c1-32-17-9-5-15(6-10-17)21(16-7-11-18(33-2)12-8-16)27-23(30)19-14-25-22(28-24(19)31)20-4-3-13-26-29-20;5-4(1-6,2-7)3-8/h3-14,21H,1-2H3,(H,27,30)(H,25,28,31);6-8H,1-3,5H2. The number of amides is 1. The molecule has 216 valence electrons. The van der Waals surface area contributed by atoms with Gasteiger partial charge in [0.05, 0.1) is 45.6 Å². The molecule has 4 rings (SSSR count). The molecule has 0 aliphatic heterocycles. The average molecular weight is 565 g/mol. The maximum Gasteiger partial charge on any atom is 0.264 e. The molecule has 0 saturated heterocycles. The first-order valence-electron chi connectivity index (χ1n) is 12.3. The molecule has 13 heteroatoms. The number of nitrogens with zero attached hydrogens (tertiary/aromatic N) is 3. The van der Waals surface area contributed by atoms with Crippen molar-refractivity contribution in [3.63, 3.8) is 0 Å². The molecular formula is C28H32N6O7. The fourth-order valence-electron chi connectivity index (χ4n) is 3.43. The number of ether oxygens (including phenoxy) is 2. The maximum absolute atomic E-state index is 13.1. The highest BCUT2D eigenvalue weighted by atomic mass is 16.5. The van der Waals surface area contributed by atoms with Crippen LogP contribution in [0, 0.1) is 0 Å². The Labute approximate surface area is 235 Å². The van der Waals surface area contributed by atoms with E-state index in [0.717, 1.165) is 11.1 Å². The lowest BCUT2D eigenvalue weighted by Crippen LogP contribution is -2.50. The number of benzene rings is 2. The van der Waals surface area contributed by atoms with Crippen LogP contribution in [-0.4, -0.2) is 81.0 Å². The van der Waals surface area contributed by atoms with Crippen molar-refractivity contribution >= 4 is 5.91 Å². The first-order chi connectivity index (χ1) is 19.8. The summed E-state index contributed by atoms with van der Waals surface area (Å²) >= 11 is 0. The van der Waals surface area contributed by atoms with Gasteiger partial charge in [-0.2, -0.15) is 5.10 Å². The number of rotatable bonds is 10. The Kier molecular flexibility index (Phi) is 11.0. The molecule has 4 aromatic rings. The minimum absolute atomic E-state index is 0.116. The SMILES string of the molecule is COc1ccc(C(NC(=O)c2cnc(-c3cccnn3)[nH]c2=O)c2ccc(OC)cc2)cc1.NC(CO)(CO)CO. The minimum Gasteiger partial charge on any atom is -0.497 e. The van der Waals surface area contributed by atoms with Crippen molar-refractivity contribution < 1.29 is 29.6 Å². The van der Waals surface area contributed by atoms with E-state index >= 15 is 0 Å². The third kappa shape index (κ3) is 8.16. The lowest BCUT2D eigenvalue weighted by molar-refractivity contribution is 0.0697. The summed E-state index contributed by atoms with van der Waals surface area (Å²) < 4.78 is 10.5. The molecular weight excluding hydrogens is 532 g/mol. The lowest BCUT2D eigenvalue weighted by atomic mass is 9.98. The number of hydrogen-bond donors (Lipinski definition) is 6. The van der Waals surface area contributed by atoms with E-state index in [9.17, 15) is 9.59 Å². The summed E-state index contributed by atoms with van der Waals surface area (Å²) in [4.78, 5) is 32.5. The van der Waals surface area contributed by atoms with Gasteiger partial charge in [-0.3, -0.25) is 9.59 Å². The third-order valence-electron chi connectivity index (χ3n) is 5.98. The Hall–Kier alpha value is -4.69. The third-order valence-corrected chi connectivity index (χ3v) is 5.98. The maximum atomic E-state index is 13.1. The number of methoxy groups -OCH3 is 2. The molecule has 2 aromatic heterocycles. The quantitative estimate of drug-likeness (QED) is 0.156. The molecule has 2 aromatic carbocycles. The van der Waals surface area contributed by atoms with Crippen LogP contribution in [0.15, 0.2) is 77.9 Å². The van der Waals surface area contributed by atoms with Gasteiger partial charge >= 0.3 is 0 Å². The van der Waals surface area contributed by atoms with Crippen molar-refractivity contribution in [2.75, 3.05) is 34.0 Å². The first kappa shape index (κ1) is 30.8. The fourth-order valence-corrected chi connectivity index (χ4v) is 3.43. The van der Waals surface area contributed by atoms with E-state index in [1.807, 2.05) is 48.5 Å². The second-order valence-corrected chi connectivity index (χ2v) is 8.87. The summed E-state index contributed by atoms with van der Waals surface area (Å²) in [6.07, 6.45) is 2.75. The van der Waals surface area contributed by atoms with Gasteiger partial charge in [0.2, 0.25) is 0 Å². The Balaban J connectivity index is 0.000000507. The molecule has 0 saturated carbocycles. The number of carbonyl (C=O) groups excluding carboxylic acids is 1. The van der Waals surface area contributed by atoms with E-state index < -0.39 is 42.9 Å². The predicted octanol–water partition coefficient (Wildman–Crippen LogP) is 0.424. The number of hydrogen-bond acceptors (Lipinski definition) is 11. The second kappa shape index (κ2) is 14.6. The summed E-state index contributed by atoms with van der Waals surface area (Å²) in [6.45, 7) is -1.21. The van der Waals surface area contributed by atoms with Gasteiger partial charge in [-0.15, -0.1) is 5.10 Å². The fraction of sp³-hybridized carbons (Fsp3) is 0.250. The zero-order chi connectivity index (χ0) is 29.8. The van der Waals surface area contributed by atoms with E-state index in [1.54, 1.807) is 26.4 Å². The van der Waals surface area contributed by atoms with E-state index in [-0.39, 0.29) is 11.4 Å². The smallest absolute Gasteiger partial charge is 0.264 e. The predicted molar refractivity (Wildman–Crippen MR) is 149 cm³/mol. The van der Waals surface area contributed by atoms with Gasteiger partial charge < -0.3 is 40.8 Å². The number of nitrogens with two attached hydrogens (primary N) is 1. The molecule has 41 heavy (non-hydrogen) atoms. The van der Waals surface area contributed by atoms with E-state index in [2.05, 4.69) is 25.5 Å². The summed E-state index contributed by atoms with van der Waals surface area (Å²) in [5.41, 5.74) is 5.27. The number of aromatic amines is 1. The van der Waals surface area contributed by atoms with E-state index in [1.165, 1.54) is 12.4 Å². The van der Waals surface area contributed by atoms with E-state index in [0.29, 0.717) is 17.2 Å². The Morgan fingerprint density at radius 3 is 1.88 bits per heavy atom. The number of nitrogens with one attached hydrogen (secondary N) is 2. The van der Waals surface area contributed by atoms with Gasteiger partial charge in [0.1, 0.15) is 22.8 Å². The summed E-state index contributed by atoms with van der Waals surface area (Å²) in [5.74, 6) is 1.05. The van der Waals surface area contributed by atoms with Crippen LogP contribution >= 0.6 is 0 Å². The van der Waals surface area contributed by atoms with Crippen molar-refractivity contribution in [3.05, 3.63) is 100 Å². The molecule has 0 fully saturated rings. The number of H-pyrrole nitrogens is 1. The molecule has 0 radical (unpaired) electrons. The van der Waals surface area contributed by atoms with Crippen LogP contribution in [0.1, 0.15) is 27.5 Å². The van der Waals surface area contributed by atoms with Gasteiger partial charge in [-0.1, -0.05) is 24.3 Å². The second-order valence-electron chi connectivity index (χ2n) is 8.87. The van der Waals surface area contributed by atoms with Crippen LogP contribution in [-0.2, 0) is 0 Å². The molecule has 0 spiro atoms. The van der Waals surface area contributed by atoms with Gasteiger partial charge in [0.15, 0.2) is 5.82 Å². The van der Waals surface area contributed by atoms with Gasteiger partial charge in [-0.25, -0.2) is 4.98 Å². The molecule has 0 aliphatic rings. The van der Waals surface area contributed by atoms with Crippen molar-refractivity contribution in [3.8, 4) is 23.0 Å². The molecule has 0 bridgehead atoms. The van der Waals surface area contributed by atoms with Crippen molar-refractivity contribution in [1.29, 1.82) is 0 Å². The molecule has 7 N–H and O–H groups in total. The van der Waals surface area contributed by atoms with Crippen LogP contribution in [0.5, 0.6) is 11.5 Å². The molecule has 2 heterocycles. The topological polar surface area (TPSA) is 206 Å². The average Bonchev–Trinajstić information content (AvgIpc) is 3.04. The number of aliphatic hydroxyl groups is 3. The summed E-state index contributed by atoms with van der Waals surface area (Å²) in [7, 11) is 3.17. The Morgan fingerprint density at radius 2 is 1.49 bits per heavy atom. The molecule has 13 nitrogen and oxygen atoms in total. The van der Waals surface area contributed by atoms with Gasteiger partial charge in [0.25, 0.3) is 11.5 Å². The van der Waals surface area contributed by atoms with Crippen LogP contribution < -0.4 is 26.1 Å². The van der Waals surface area contributed by atoms with Crippen LogP contribution in [0.25, 0.3) is 11.5 Å². The molecule has 0 unspecified atom stereocenters. The van der Waals surface area contributed by atoms with Crippen LogP contribution in [0.3, 0.4) is 0 Å². The van der Waals surface area contributed by atoms with Crippen LogP contribution in [0.2, 0.25) is 0 Å². The molecule has 0 atom stereocenters.